The number of fused-ring (bicyclic) bond motifs is 1. The van der Waals surface area contributed by atoms with Crippen LogP contribution < -0.4 is 0 Å². The Balaban J connectivity index is 2.23. The van der Waals surface area contributed by atoms with E-state index < -0.39 is 0 Å². The third-order valence-electron chi connectivity index (χ3n) is 5.68. The summed E-state index contributed by atoms with van der Waals surface area (Å²) in [5.41, 5.74) is 8.89. The average Bonchev–Trinajstić information content (AvgIpc) is 3.05. The second-order valence-corrected chi connectivity index (χ2v) is 7.99. The molecule has 3 aromatic rings. The first-order chi connectivity index (χ1) is 13.9. The Hall–Kier alpha value is -2.46. The Kier molecular flexibility index (Phi) is 6.53. The summed E-state index contributed by atoms with van der Waals surface area (Å²) in [4.78, 5) is 10.1. The van der Waals surface area contributed by atoms with Crippen molar-refractivity contribution in [2.45, 2.75) is 65.8 Å². The molecule has 0 saturated heterocycles. The second kappa shape index (κ2) is 8.91. The number of hydrogen-bond donors (Lipinski definition) is 1. The highest BCUT2D eigenvalue weighted by Gasteiger charge is 2.19. The lowest BCUT2D eigenvalue weighted by Gasteiger charge is -2.17. The third-order valence-corrected chi connectivity index (χ3v) is 5.68. The lowest BCUT2D eigenvalue weighted by atomic mass is 9.98. The average molecular weight is 392 g/mol. The van der Waals surface area contributed by atoms with Crippen molar-refractivity contribution >= 4 is 11.0 Å². The van der Waals surface area contributed by atoms with Crippen molar-refractivity contribution in [2.24, 2.45) is 0 Å². The number of aromatic nitrogens is 3. The molecule has 0 radical (unpaired) electrons. The molecule has 0 spiro atoms. The third kappa shape index (κ3) is 3.99. The van der Waals surface area contributed by atoms with E-state index in [1.807, 2.05) is 6.08 Å². The summed E-state index contributed by atoms with van der Waals surface area (Å²) in [5.74, 6) is 0.411. The fraction of sp³-hybridized carbons (Fsp3) is 0.440. The number of pyridine rings is 2. The van der Waals surface area contributed by atoms with Gasteiger partial charge in [0.15, 0.2) is 0 Å². The first-order valence-electron chi connectivity index (χ1n) is 10.7. The van der Waals surface area contributed by atoms with Crippen molar-refractivity contribution in [3.63, 3.8) is 0 Å². The molecule has 3 heterocycles. The molecule has 0 saturated carbocycles. The predicted octanol–water partition coefficient (Wildman–Crippen LogP) is 5.76. The van der Waals surface area contributed by atoms with E-state index >= 15 is 0 Å². The van der Waals surface area contributed by atoms with E-state index in [1.165, 1.54) is 5.56 Å². The number of rotatable bonds is 8. The molecule has 0 unspecified atom stereocenters. The fourth-order valence-corrected chi connectivity index (χ4v) is 3.97. The summed E-state index contributed by atoms with van der Waals surface area (Å²) < 4.78 is 2.20. The first kappa shape index (κ1) is 21.3. The molecule has 29 heavy (non-hydrogen) atoms. The van der Waals surface area contributed by atoms with Gasteiger partial charge in [0.2, 0.25) is 0 Å². The molecule has 0 amide bonds. The van der Waals surface area contributed by atoms with E-state index in [1.54, 1.807) is 0 Å². The molecular weight excluding hydrogens is 358 g/mol. The van der Waals surface area contributed by atoms with Crippen LogP contribution in [0.25, 0.3) is 22.3 Å². The van der Waals surface area contributed by atoms with Crippen LogP contribution in [0.5, 0.6) is 0 Å². The van der Waals surface area contributed by atoms with Gasteiger partial charge in [-0.05, 0) is 61.4 Å². The molecule has 1 N–H and O–H groups in total. The molecule has 4 heteroatoms. The summed E-state index contributed by atoms with van der Waals surface area (Å²) >= 11 is 0. The van der Waals surface area contributed by atoms with Gasteiger partial charge in [0.05, 0.1) is 22.8 Å². The van der Waals surface area contributed by atoms with Crippen LogP contribution in [0.1, 0.15) is 68.6 Å². The number of hydrogen-bond acceptors (Lipinski definition) is 3. The van der Waals surface area contributed by atoms with Gasteiger partial charge in [-0.2, -0.15) is 0 Å². The Morgan fingerprint density at radius 2 is 1.93 bits per heavy atom. The summed E-state index contributed by atoms with van der Waals surface area (Å²) in [6.45, 7) is 14.9. The SMILES string of the molecule is C=C[C@H](CCO)n1cc(C)c2nc(-c3ccc(C(C)C)nc3CC)c(CC)cc21. The minimum absolute atomic E-state index is 0.0618. The first-order valence-corrected chi connectivity index (χ1v) is 10.7. The van der Waals surface area contributed by atoms with Gasteiger partial charge in [0.25, 0.3) is 0 Å². The van der Waals surface area contributed by atoms with Gasteiger partial charge in [-0.3, -0.25) is 4.98 Å². The lowest BCUT2D eigenvalue weighted by molar-refractivity contribution is 0.271. The zero-order chi connectivity index (χ0) is 21.1. The molecule has 0 fully saturated rings. The molecular formula is C25H33N3O. The van der Waals surface area contributed by atoms with E-state index in [4.69, 9.17) is 9.97 Å². The molecule has 4 nitrogen and oxygen atoms in total. The maximum atomic E-state index is 9.44. The van der Waals surface area contributed by atoms with Crippen LogP contribution in [0.2, 0.25) is 0 Å². The fourth-order valence-electron chi connectivity index (χ4n) is 3.97. The van der Waals surface area contributed by atoms with Gasteiger partial charge in [0.1, 0.15) is 0 Å². The number of nitrogens with zero attached hydrogens (tertiary/aromatic N) is 3. The molecule has 0 bridgehead atoms. The highest BCUT2D eigenvalue weighted by atomic mass is 16.3. The van der Waals surface area contributed by atoms with Gasteiger partial charge in [-0.1, -0.05) is 33.8 Å². The largest absolute Gasteiger partial charge is 0.396 e. The van der Waals surface area contributed by atoms with Crippen LogP contribution >= 0.6 is 0 Å². The van der Waals surface area contributed by atoms with Crippen LogP contribution in [0, 0.1) is 6.92 Å². The van der Waals surface area contributed by atoms with Crippen molar-refractivity contribution in [1.29, 1.82) is 0 Å². The monoisotopic (exact) mass is 391 g/mol. The molecule has 1 atom stereocenters. The smallest absolute Gasteiger partial charge is 0.0918 e. The molecule has 3 rings (SSSR count). The molecule has 0 aliphatic heterocycles. The highest BCUT2D eigenvalue weighted by Crippen LogP contribution is 2.33. The van der Waals surface area contributed by atoms with Crippen molar-refractivity contribution in [2.75, 3.05) is 6.61 Å². The summed E-state index contributed by atoms with van der Waals surface area (Å²) in [5, 5.41) is 9.44. The molecule has 0 aliphatic rings. The summed E-state index contributed by atoms with van der Waals surface area (Å²) in [6.07, 6.45) is 6.46. The van der Waals surface area contributed by atoms with Crippen LogP contribution in [0.4, 0.5) is 0 Å². The maximum Gasteiger partial charge on any atom is 0.0918 e. The number of allylic oxidation sites excluding steroid dienone is 1. The summed E-state index contributed by atoms with van der Waals surface area (Å²) in [7, 11) is 0. The Labute approximate surface area is 174 Å². The molecule has 154 valence electrons. The Morgan fingerprint density at radius 3 is 2.52 bits per heavy atom. The van der Waals surface area contributed by atoms with Gasteiger partial charge in [-0.15, -0.1) is 6.58 Å². The Bertz CT molecular complexity index is 1020. The highest BCUT2D eigenvalue weighted by molar-refractivity contribution is 5.85. The lowest BCUT2D eigenvalue weighted by Crippen LogP contribution is -2.07. The van der Waals surface area contributed by atoms with Crippen LogP contribution in [0.3, 0.4) is 0 Å². The quantitative estimate of drug-likeness (QED) is 0.496. The van der Waals surface area contributed by atoms with Crippen molar-refractivity contribution < 1.29 is 5.11 Å². The van der Waals surface area contributed by atoms with Crippen LogP contribution in [-0.2, 0) is 12.8 Å². The van der Waals surface area contributed by atoms with E-state index in [-0.39, 0.29) is 12.6 Å². The van der Waals surface area contributed by atoms with Crippen molar-refractivity contribution in [3.05, 3.63) is 59.6 Å². The number of aliphatic hydroxyl groups excluding tert-OH is 1. The normalized spacial score (nSPS) is 12.7. The van der Waals surface area contributed by atoms with Crippen LogP contribution in [0.15, 0.2) is 37.1 Å². The van der Waals surface area contributed by atoms with E-state index in [2.05, 4.69) is 70.2 Å². The van der Waals surface area contributed by atoms with Gasteiger partial charge >= 0.3 is 0 Å². The predicted molar refractivity (Wildman–Crippen MR) is 121 cm³/mol. The number of aliphatic hydroxyl groups is 1. The standard InChI is InChI=1S/C25H33N3O/c1-7-18-14-23-24(17(6)15-28(23)19(8-2)12-13-29)27-25(18)20-10-11-22(16(4)5)26-21(20)9-3/h8,10-11,14-16,19,29H,2,7,9,12-13H2,1,3-6H3/t19-/m1/s1. The van der Waals surface area contributed by atoms with Crippen molar-refractivity contribution in [1.82, 2.24) is 14.5 Å². The zero-order valence-electron chi connectivity index (χ0n) is 18.4. The minimum atomic E-state index is 0.0618. The number of aryl methyl sites for hydroxylation is 3. The van der Waals surface area contributed by atoms with Gasteiger partial charge < -0.3 is 9.67 Å². The van der Waals surface area contributed by atoms with Crippen molar-refractivity contribution in [3.8, 4) is 11.3 Å². The zero-order valence-corrected chi connectivity index (χ0v) is 18.4. The summed E-state index contributed by atoms with van der Waals surface area (Å²) in [6, 6.07) is 6.65. The van der Waals surface area contributed by atoms with E-state index in [0.29, 0.717) is 12.3 Å². The second-order valence-electron chi connectivity index (χ2n) is 7.99. The minimum Gasteiger partial charge on any atom is -0.396 e. The molecule has 0 aromatic carbocycles. The van der Waals surface area contributed by atoms with E-state index in [0.717, 1.165) is 52.1 Å². The van der Waals surface area contributed by atoms with Gasteiger partial charge in [-0.25, -0.2) is 4.98 Å². The van der Waals surface area contributed by atoms with Gasteiger partial charge in [0, 0.05) is 29.8 Å². The maximum absolute atomic E-state index is 9.44. The molecule has 3 aromatic heterocycles. The Morgan fingerprint density at radius 1 is 1.17 bits per heavy atom. The topological polar surface area (TPSA) is 50.9 Å². The van der Waals surface area contributed by atoms with Crippen LogP contribution in [-0.4, -0.2) is 26.2 Å². The molecule has 0 aliphatic carbocycles. The van der Waals surface area contributed by atoms with E-state index in [9.17, 15) is 5.11 Å².